The number of hydrogen-bond donors (Lipinski definition) is 0. The van der Waals surface area contributed by atoms with Crippen molar-refractivity contribution in [3.63, 3.8) is 0 Å². The fraction of sp³-hybridized carbons (Fsp3) is 0.154. The minimum Gasteiger partial charge on any atom is -0.333 e. The first-order valence-electron chi connectivity index (χ1n) is 23.8. The third kappa shape index (κ3) is 9.57. The van der Waals surface area contributed by atoms with Crippen molar-refractivity contribution in [2.45, 2.75) is 66.8 Å². The van der Waals surface area contributed by atoms with Gasteiger partial charge in [0.1, 0.15) is 5.84 Å². The maximum atomic E-state index is 5.07. The van der Waals surface area contributed by atoms with E-state index in [1.54, 1.807) is 0 Å². The molecule has 0 bridgehead atoms. The molecule has 3 nitrogen and oxygen atoms in total. The summed E-state index contributed by atoms with van der Waals surface area (Å²) in [6, 6.07) is 59.6. The van der Waals surface area contributed by atoms with Gasteiger partial charge in [0.15, 0.2) is 0 Å². The van der Waals surface area contributed by atoms with E-state index in [1.807, 2.05) is 44.3 Å². The monoisotopic (exact) mass is 886 g/mol. The van der Waals surface area contributed by atoms with E-state index in [9.17, 15) is 0 Å². The molecule has 0 N–H and O–H groups in total. The molecule has 11 rings (SSSR count). The Hall–Kier alpha value is -7.75. The average molecular weight is 886 g/mol. The lowest BCUT2D eigenvalue weighted by molar-refractivity contribution is 0.744. The molecule has 3 heteroatoms. The fourth-order valence-corrected chi connectivity index (χ4v) is 9.60. The zero-order valence-electron chi connectivity index (χ0n) is 39.4. The summed E-state index contributed by atoms with van der Waals surface area (Å²) in [5.74, 6) is 1.23. The standard InChI is InChI=1S/C55H45N3.C7H8.C2H6.CH4/c1-4-39(41-20-22-43(23-21-41)44-26-24-42(25-27-44)40-12-6-5-7-13-40)36-56-38(3)57-52-16-10-9-15-49(52)51-34-45(29-33-54(51)57)46-28-32-50-48-14-8-11-17-53(48)58(55(50)35-46)47-30-18-37(2)19-31-47;1-7-5-3-2-4-6-7;1-2;/h4-6,8-12,14-36,48,53H,1,7,13H2,2-3H3;2-6H,1H3;1-2H3;1H4/b39-36+,56-38?;;;. The number of aromatic nitrogens is 1. The number of allylic oxidation sites excluding steroid dienone is 8. The molecule has 8 aromatic rings. The van der Waals surface area contributed by atoms with Crippen LogP contribution in [0, 0.1) is 13.8 Å². The van der Waals surface area contributed by atoms with Crippen LogP contribution in [0.3, 0.4) is 0 Å². The molecule has 0 saturated carbocycles. The van der Waals surface area contributed by atoms with Crippen LogP contribution in [0.2, 0.25) is 0 Å². The minimum atomic E-state index is 0. The summed E-state index contributed by atoms with van der Waals surface area (Å²) < 4.78 is 2.28. The SMILES string of the molecule is C.C=C/C(=C\N=C(C)n1c2ccccc2c2cc(-c3ccc4c(c3)N(c3ccc(C)cc3)C3C=CC=CC43)ccc21)c1ccc(-c2ccc(C3=CC=CCC3)cc2)cc1.CC.Cc1ccccc1. The summed E-state index contributed by atoms with van der Waals surface area (Å²) in [6.07, 6.45) is 21.7. The van der Waals surface area contributed by atoms with Gasteiger partial charge in [0.25, 0.3) is 0 Å². The minimum absolute atomic E-state index is 0. The Balaban J connectivity index is 0.000000569. The summed E-state index contributed by atoms with van der Waals surface area (Å²) in [7, 11) is 0. The molecule has 2 unspecified atom stereocenters. The summed E-state index contributed by atoms with van der Waals surface area (Å²) in [5, 5.41) is 2.42. The van der Waals surface area contributed by atoms with Crippen molar-refractivity contribution in [2.24, 2.45) is 4.99 Å². The second-order valence-electron chi connectivity index (χ2n) is 17.3. The molecule has 0 saturated heterocycles. The van der Waals surface area contributed by atoms with E-state index in [2.05, 4.69) is 225 Å². The second kappa shape index (κ2) is 21.3. The number of para-hydroxylation sites is 1. The lowest BCUT2D eigenvalue weighted by atomic mass is 9.90. The zero-order chi connectivity index (χ0) is 46.3. The highest BCUT2D eigenvalue weighted by molar-refractivity contribution is 6.15. The fourth-order valence-electron chi connectivity index (χ4n) is 9.60. The summed E-state index contributed by atoms with van der Waals surface area (Å²) >= 11 is 0. The molecule has 7 aromatic carbocycles. The van der Waals surface area contributed by atoms with Gasteiger partial charge in [0.2, 0.25) is 0 Å². The van der Waals surface area contributed by atoms with Crippen LogP contribution >= 0.6 is 0 Å². The maximum Gasteiger partial charge on any atom is 0.110 e. The first kappa shape index (κ1) is 46.8. The Bertz CT molecular complexity index is 3220. The number of benzene rings is 7. The largest absolute Gasteiger partial charge is 0.333 e. The van der Waals surface area contributed by atoms with Crippen LogP contribution < -0.4 is 4.90 Å². The molecule has 0 amide bonds. The van der Waals surface area contributed by atoms with Crippen molar-refractivity contribution in [2.75, 3.05) is 4.90 Å². The highest BCUT2D eigenvalue weighted by atomic mass is 15.2. The third-order valence-corrected chi connectivity index (χ3v) is 13.1. The van der Waals surface area contributed by atoms with Crippen LogP contribution in [0.25, 0.3) is 55.2 Å². The Kier molecular flexibility index (Phi) is 14.6. The van der Waals surface area contributed by atoms with E-state index in [0.29, 0.717) is 5.92 Å². The van der Waals surface area contributed by atoms with Crippen LogP contribution in [0.4, 0.5) is 11.4 Å². The molecule has 2 heterocycles. The van der Waals surface area contributed by atoms with E-state index in [1.165, 1.54) is 72.2 Å². The van der Waals surface area contributed by atoms with Gasteiger partial charge in [-0.25, -0.2) is 4.99 Å². The lowest BCUT2D eigenvalue weighted by Gasteiger charge is -2.29. The van der Waals surface area contributed by atoms with Crippen molar-refractivity contribution in [1.29, 1.82) is 0 Å². The first-order valence-corrected chi connectivity index (χ1v) is 23.8. The molecule has 68 heavy (non-hydrogen) atoms. The predicted molar refractivity (Wildman–Crippen MR) is 297 cm³/mol. The molecule has 3 aliphatic rings. The van der Waals surface area contributed by atoms with E-state index in [-0.39, 0.29) is 13.5 Å². The maximum absolute atomic E-state index is 5.07. The van der Waals surface area contributed by atoms with Crippen LogP contribution in [0.15, 0.2) is 230 Å². The molecule has 2 aliphatic carbocycles. The van der Waals surface area contributed by atoms with Gasteiger partial charge < -0.3 is 4.90 Å². The lowest BCUT2D eigenvalue weighted by Crippen LogP contribution is -2.28. The molecule has 1 aliphatic heterocycles. The van der Waals surface area contributed by atoms with Crippen molar-refractivity contribution in [3.05, 3.63) is 253 Å². The van der Waals surface area contributed by atoms with Crippen molar-refractivity contribution in [3.8, 4) is 22.3 Å². The number of aryl methyl sites for hydroxylation is 2. The van der Waals surface area contributed by atoms with Crippen LogP contribution in [0.5, 0.6) is 0 Å². The molecular formula is C65H63N3. The van der Waals surface area contributed by atoms with Crippen molar-refractivity contribution in [1.82, 2.24) is 4.57 Å². The summed E-state index contributed by atoms with van der Waals surface area (Å²) in [4.78, 5) is 7.58. The quantitative estimate of drug-likeness (QED) is 0.0887. The highest BCUT2D eigenvalue weighted by Gasteiger charge is 2.37. The smallest absolute Gasteiger partial charge is 0.110 e. The van der Waals surface area contributed by atoms with Gasteiger partial charge in [-0.3, -0.25) is 4.57 Å². The molecule has 0 spiro atoms. The van der Waals surface area contributed by atoms with E-state index in [4.69, 9.17) is 4.99 Å². The van der Waals surface area contributed by atoms with Crippen LogP contribution in [-0.4, -0.2) is 16.4 Å². The van der Waals surface area contributed by atoms with Crippen molar-refractivity contribution >= 4 is 50.2 Å². The second-order valence-corrected chi connectivity index (χ2v) is 17.3. The molecular weight excluding hydrogens is 823 g/mol. The molecule has 2 atom stereocenters. The van der Waals surface area contributed by atoms with Gasteiger partial charge in [0, 0.05) is 34.3 Å². The Morgan fingerprint density at radius 3 is 1.93 bits per heavy atom. The Morgan fingerprint density at radius 2 is 1.24 bits per heavy atom. The van der Waals surface area contributed by atoms with Crippen LogP contribution in [-0.2, 0) is 0 Å². The molecule has 0 radical (unpaired) electrons. The van der Waals surface area contributed by atoms with Gasteiger partial charge in [-0.15, -0.1) is 0 Å². The van der Waals surface area contributed by atoms with Crippen LogP contribution in [0.1, 0.15) is 74.8 Å². The van der Waals surface area contributed by atoms with E-state index in [0.717, 1.165) is 40.8 Å². The van der Waals surface area contributed by atoms with E-state index < -0.39 is 0 Å². The van der Waals surface area contributed by atoms with Crippen molar-refractivity contribution < 1.29 is 0 Å². The number of rotatable bonds is 7. The molecule has 1 aromatic heterocycles. The number of aliphatic imine (C=N–C) groups is 1. The predicted octanol–water partition coefficient (Wildman–Crippen LogP) is 18.1. The zero-order valence-corrected chi connectivity index (χ0v) is 39.4. The van der Waals surface area contributed by atoms with Gasteiger partial charge in [-0.2, -0.15) is 0 Å². The number of fused-ring (bicyclic) bond motifs is 6. The third-order valence-electron chi connectivity index (χ3n) is 13.1. The van der Waals surface area contributed by atoms with Gasteiger partial charge >= 0.3 is 0 Å². The Labute approximate surface area is 404 Å². The number of anilines is 2. The summed E-state index contributed by atoms with van der Waals surface area (Å²) in [6.45, 7) is 14.5. The molecule has 0 fully saturated rings. The average Bonchev–Trinajstić information content (AvgIpc) is 3.90. The highest BCUT2D eigenvalue weighted by Crippen LogP contribution is 2.49. The number of hydrogen-bond acceptors (Lipinski definition) is 2. The summed E-state index contributed by atoms with van der Waals surface area (Å²) in [5.41, 5.74) is 18.3. The Morgan fingerprint density at radius 1 is 0.618 bits per heavy atom. The van der Waals surface area contributed by atoms with Gasteiger partial charge in [-0.1, -0.05) is 215 Å². The number of nitrogens with zero attached hydrogens (tertiary/aromatic N) is 3. The van der Waals surface area contributed by atoms with E-state index >= 15 is 0 Å². The normalized spacial score (nSPS) is 15.9. The van der Waals surface area contributed by atoms with Gasteiger partial charge in [-0.05, 0) is 120 Å². The molecule has 338 valence electrons. The van der Waals surface area contributed by atoms with Gasteiger partial charge in [0.05, 0.1) is 17.1 Å². The first-order chi connectivity index (χ1) is 32.9. The topological polar surface area (TPSA) is 20.5 Å².